The van der Waals surface area contributed by atoms with Gasteiger partial charge in [0.25, 0.3) is 0 Å². The van der Waals surface area contributed by atoms with Crippen molar-refractivity contribution >= 4 is 0 Å². The van der Waals surface area contributed by atoms with Crippen LogP contribution in [0.5, 0.6) is 0 Å². The van der Waals surface area contributed by atoms with Crippen LogP contribution in [-0.4, -0.2) is 37.6 Å². The van der Waals surface area contributed by atoms with Gasteiger partial charge in [-0.2, -0.15) is 0 Å². The molecule has 0 aliphatic rings. The second kappa shape index (κ2) is 6.99. The van der Waals surface area contributed by atoms with Gasteiger partial charge in [-0.15, -0.1) is 0 Å². The van der Waals surface area contributed by atoms with Gasteiger partial charge in [0.2, 0.25) is 0 Å². The van der Waals surface area contributed by atoms with Crippen LogP contribution in [0.2, 0.25) is 0 Å². The Morgan fingerprint density at radius 3 is 2.70 bits per heavy atom. The van der Waals surface area contributed by atoms with Gasteiger partial charge in [0.05, 0.1) is 25.9 Å². The molecular formula is C7H15O3. The lowest BCUT2D eigenvalue weighted by molar-refractivity contribution is 0.00335. The Morgan fingerprint density at radius 2 is 2.20 bits per heavy atom. The van der Waals surface area contributed by atoms with Crippen LogP contribution in [0.15, 0.2) is 0 Å². The van der Waals surface area contributed by atoms with Crippen LogP contribution in [-0.2, 0) is 9.47 Å². The molecule has 0 amide bonds. The maximum atomic E-state index is 8.46. The Kier molecular flexibility index (Phi) is 6.91. The Bertz CT molecular complexity index is 65.9. The lowest BCUT2D eigenvalue weighted by Gasteiger charge is -2.08. The summed E-state index contributed by atoms with van der Waals surface area (Å²) in [5.41, 5.74) is 0. The van der Waals surface area contributed by atoms with Gasteiger partial charge in [0, 0.05) is 6.61 Å². The zero-order valence-electron chi connectivity index (χ0n) is 6.38. The molecule has 3 heteroatoms. The lowest BCUT2D eigenvalue weighted by atomic mass is 10.4. The standard InChI is InChI=1S/C7H15O3/c1-3-9-4-5-10-7(2)6-8/h7-8H,2-6H2,1H3. The Hall–Kier alpha value is -0.120. The second-order valence-electron chi connectivity index (χ2n) is 1.87. The van der Waals surface area contributed by atoms with E-state index in [-0.39, 0.29) is 12.7 Å². The van der Waals surface area contributed by atoms with E-state index >= 15 is 0 Å². The molecule has 0 saturated heterocycles. The SMILES string of the molecule is [CH2]C(CO)OCCOCC. The number of aliphatic hydroxyl groups excluding tert-OH is 1. The molecule has 0 aromatic carbocycles. The molecule has 3 nitrogen and oxygen atoms in total. The van der Waals surface area contributed by atoms with Gasteiger partial charge in [-0.1, -0.05) is 0 Å². The van der Waals surface area contributed by atoms with Gasteiger partial charge >= 0.3 is 0 Å². The van der Waals surface area contributed by atoms with Gasteiger partial charge < -0.3 is 14.6 Å². The van der Waals surface area contributed by atoms with Crippen molar-refractivity contribution in [2.45, 2.75) is 13.0 Å². The summed E-state index contributed by atoms with van der Waals surface area (Å²) in [7, 11) is 0. The molecule has 0 aliphatic heterocycles. The van der Waals surface area contributed by atoms with E-state index in [1.54, 1.807) is 0 Å². The van der Waals surface area contributed by atoms with Crippen molar-refractivity contribution in [3.63, 3.8) is 0 Å². The minimum Gasteiger partial charge on any atom is -0.394 e. The second-order valence-corrected chi connectivity index (χ2v) is 1.87. The zero-order valence-corrected chi connectivity index (χ0v) is 6.38. The number of hydrogen-bond acceptors (Lipinski definition) is 3. The first kappa shape index (κ1) is 9.88. The topological polar surface area (TPSA) is 38.7 Å². The predicted octanol–water partition coefficient (Wildman–Crippen LogP) is 0.234. The molecule has 1 unspecified atom stereocenters. The molecule has 1 N–H and O–H groups in total. The molecule has 0 aliphatic carbocycles. The summed E-state index contributed by atoms with van der Waals surface area (Å²) in [6, 6.07) is 0. The van der Waals surface area contributed by atoms with E-state index in [2.05, 4.69) is 6.92 Å². The largest absolute Gasteiger partial charge is 0.394 e. The fourth-order valence-electron chi connectivity index (χ4n) is 0.471. The summed E-state index contributed by atoms with van der Waals surface area (Å²) >= 11 is 0. The summed E-state index contributed by atoms with van der Waals surface area (Å²) in [6.45, 7) is 7.19. The maximum absolute atomic E-state index is 8.46. The molecule has 0 saturated carbocycles. The van der Waals surface area contributed by atoms with Crippen molar-refractivity contribution in [1.29, 1.82) is 0 Å². The smallest absolute Gasteiger partial charge is 0.0807 e. The first-order valence-corrected chi connectivity index (χ1v) is 3.44. The molecule has 0 heterocycles. The van der Waals surface area contributed by atoms with E-state index < -0.39 is 0 Å². The fourth-order valence-corrected chi connectivity index (χ4v) is 0.471. The van der Waals surface area contributed by atoms with E-state index in [9.17, 15) is 0 Å². The van der Waals surface area contributed by atoms with E-state index in [1.807, 2.05) is 6.92 Å². The molecule has 0 aromatic rings. The van der Waals surface area contributed by atoms with Crippen molar-refractivity contribution in [2.75, 3.05) is 26.4 Å². The Labute approximate surface area is 62.0 Å². The first-order valence-electron chi connectivity index (χ1n) is 3.44. The van der Waals surface area contributed by atoms with Crippen molar-refractivity contribution < 1.29 is 14.6 Å². The van der Waals surface area contributed by atoms with E-state index in [4.69, 9.17) is 14.6 Å². The number of ether oxygens (including phenoxy) is 2. The van der Waals surface area contributed by atoms with E-state index in [1.165, 1.54) is 0 Å². The van der Waals surface area contributed by atoms with Crippen LogP contribution < -0.4 is 0 Å². The van der Waals surface area contributed by atoms with Crippen molar-refractivity contribution in [2.24, 2.45) is 0 Å². The highest BCUT2D eigenvalue weighted by atomic mass is 16.5. The molecule has 1 atom stereocenters. The third-order valence-corrected chi connectivity index (χ3v) is 0.989. The van der Waals surface area contributed by atoms with Gasteiger partial charge in [0.15, 0.2) is 0 Å². The summed E-state index contributed by atoms with van der Waals surface area (Å²) < 4.78 is 10.0. The lowest BCUT2D eigenvalue weighted by Crippen LogP contribution is -2.16. The average molecular weight is 147 g/mol. The Balaban J connectivity index is 2.89. The predicted molar refractivity (Wildman–Crippen MR) is 38.7 cm³/mol. The summed E-state index contributed by atoms with van der Waals surface area (Å²) in [5.74, 6) is 0. The summed E-state index contributed by atoms with van der Waals surface area (Å²) in [6.07, 6.45) is -0.319. The highest BCUT2D eigenvalue weighted by Gasteiger charge is 1.97. The number of hydrogen-bond donors (Lipinski definition) is 1. The van der Waals surface area contributed by atoms with E-state index in [0.717, 1.165) is 0 Å². The summed E-state index contributed by atoms with van der Waals surface area (Å²) in [4.78, 5) is 0. The molecule has 10 heavy (non-hydrogen) atoms. The quantitative estimate of drug-likeness (QED) is 0.547. The third kappa shape index (κ3) is 6.01. The highest BCUT2D eigenvalue weighted by molar-refractivity contribution is 4.55. The summed E-state index contributed by atoms with van der Waals surface area (Å²) in [5, 5.41) is 8.46. The monoisotopic (exact) mass is 147 g/mol. The van der Waals surface area contributed by atoms with Crippen LogP contribution in [0.3, 0.4) is 0 Å². The van der Waals surface area contributed by atoms with Crippen LogP contribution in [0, 0.1) is 6.92 Å². The normalized spacial score (nSPS) is 13.5. The maximum Gasteiger partial charge on any atom is 0.0807 e. The molecule has 0 rings (SSSR count). The molecule has 1 radical (unpaired) electrons. The number of rotatable bonds is 6. The van der Waals surface area contributed by atoms with Crippen LogP contribution in [0.1, 0.15) is 6.92 Å². The molecule has 0 spiro atoms. The Morgan fingerprint density at radius 1 is 1.50 bits per heavy atom. The van der Waals surface area contributed by atoms with Crippen LogP contribution in [0.25, 0.3) is 0 Å². The van der Waals surface area contributed by atoms with Gasteiger partial charge in [-0.05, 0) is 13.8 Å². The molecule has 0 aromatic heterocycles. The first-order chi connectivity index (χ1) is 4.81. The van der Waals surface area contributed by atoms with E-state index in [0.29, 0.717) is 19.8 Å². The molecular weight excluding hydrogens is 132 g/mol. The van der Waals surface area contributed by atoms with Crippen LogP contribution in [0.4, 0.5) is 0 Å². The highest BCUT2D eigenvalue weighted by Crippen LogP contribution is 1.86. The minimum absolute atomic E-state index is 0.0356. The number of aliphatic hydroxyl groups is 1. The average Bonchev–Trinajstić information content (AvgIpc) is 1.98. The minimum atomic E-state index is -0.319. The zero-order chi connectivity index (χ0) is 7.82. The fraction of sp³-hybridized carbons (Fsp3) is 0.857. The molecule has 0 fully saturated rings. The van der Waals surface area contributed by atoms with Crippen molar-refractivity contribution in [3.8, 4) is 0 Å². The van der Waals surface area contributed by atoms with Crippen molar-refractivity contribution in [3.05, 3.63) is 6.92 Å². The van der Waals surface area contributed by atoms with Gasteiger partial charge in [-0.25, -0.2) is 0 Å². The van der Waals surface area contributed by atoms with Gasteiger partial charge in [-0.3, -0.25) is 0 Å². The molecule has 61 valence electrons. The van der Waals surface area contributed by atoms with Crippen LogP contribution >= 0.6 is 0 Å². The van der Waals surface area contributed by atoms with Gasteiger partial charge in [0.1, 0.15) is 0 Å². The van der Waals surface area contributed by atoms with Crippen molar-refractivity contribution in [1.82, 2.24) is 0 Å². The molecule has 0 bridgehead atoms. The third-order valence-electron chi connectivity index (χ3n) is 0.989.